The van der Waals surface area contributed by atoms with Crippen molar-refractivity contribution in [3.8, 4) is 0 Å². The summed E-state index contributed by atoms with van der Waals surface area (Å²) >= 11 is 0. The molecule has 92 valence electrons. The number of hydrogen-bond acceptors (Lipinski definition) is 4. The maximum absolute atomic E-state index is 10.2. The Morgan fingerprint density at radius 3 is 2.73 bits per heavy atom. The fraction of sp³-hybridized carbons (Fsp3) is 0.875. The molecule has 0 aliphatic carbocycles. The van der Waals surface area contributed by atoms with E-state index in [2.05, 4.69) is 4.90 Å². The number of ether oxygens (including phenoxy) is 1. The SMILES string of the molecule is Cl.Cl.N[C@@H]1CN(CCCC(=O)O)CCO1. The number of halogens is 2. The van der Waals surface area contributed by atoms with E-state index < -0.39 is 5.97 Å². The third-order valence-corrected chi connectivity index (χ3v) is 2.04. The summed E-state index contributed by atoms with van der Waals surface area (Å²) in [5.74, 6) is -0.738. The predicted molar refractivity (Wildman–Crippen MR) is 61.7 cm³/mol. The van der Waals surface area contributed by atoms with Gasteiger partial charge >= 0.3 is 5.97 Å². The summed E-state index contributed by atoms with van der Waals surface area (Å²) in [6, 6.07) is 0. The lowest BCUT2D eigenvalue weighted by molar-refractivity contribution is -0.137. The van der Waals surface area contributed by atoms with E-state index in [1.54, 1.807) is 0 Å². The number of aliphatic carboxylic acids is 1. The van der Waals surface area contributed by atoms with Crippen LogP contribution in [0.2, 0.25) is 0 Å². The molecule has 0 aromatic carbocycles. The van der Waals surface area contributed by atoms with Crippen LogP contribution >= 0.6 is 24.8 Å². The molecule has 0 saturated carbocycles. The molecule has 1 rings (SSSR count). The van der Waals surface area contributed by atoms with Crippen molar-refractivity contribution < 1.29 is 14.6 Å². The van der Waals surface area contributed by atoms with E-state index >= 15 is 0 Å². The fourth-order valence-corrected chi connectivity index (χ4v) is 1.39. The quantitative estimate of drug-likeness (QED) is 0.761. The molecule has 0 amide bonds. The number of nitrogens with two attached hydrogens (primary N) is 1. The van der Waals surface area contributed by atoms with E-state index in [0.717, 1.165) is 13.1 Å². The predicted octanol–water partition coefficient (Wildman–Crippen LogP) is 0.312. The van der Waals surface area contributed by atoms with E-state index in [9.17, 15) is 4.79 Å². The minimum atomic E-state index is -0.738. The van der Waals surface area contributed by atoms with Gasteiger partial charge in [-0.05, 0) is 13.0 Å². The third kappa shape index (κ3) is 7.81. The number of carboxylic acids is 1. The first kappa shape index (κ1) is 17.3. The van der Waals surface area contributed by atoms with Crippen LogP contribution in [0.15, 0.2) is 0 Å². The summed E-state index contributed by atoms with van der Waals surface area (Å²) in [5, 5.41) is 8.43. The number of carboxylic acid groups (broad SMARTS) is 1. The zero-order valence-electron chi connectivity index (χ0n) is 8.42. The van der Waals surface area contributed by atoms with Crippen molar-refractivity contribution in [3.05, 3.63) is 0 Å². The van der Waals surface area contributed by atoms with Crippen LogP contribution in [0.1, 0.15) is 12.8 Å². The summed E-state index contributed by atoms with van der Waals surface area (Å²) in [6.45, 7) is 3.00. The number of carbonyl (C=O) groups is 1. The Balaban J connectivity index is 0. The topological polar surface area (TPSA) is 75.8 Å². The van der Waals surface area contributed by atoms with Crippen LogP contribution in [0, 0.1) is 0 Å². The molecule has 1 atom stereocenters. The molecule has 5 nitrogen and oxygen atoms in total. The van der Waals surface area contributed by atoms with Gasteiger partial charge in [-0.1, -0.05) is 0 Å². The lowest BCUT2D eigenvalue weighted by Gasteiger charge is -2.30. The highest BCUT2D eigenvalue weighted by atomic mass is 35.5. The normalized spacial score (nSPS) is 21.3. The van der Waals surface area contributed by atoms with Crippen molar-refractivity contribution in [2.75, 3.05) is 26.2 Å². The molecule has 1 fully saturated rings. The Kier molecular flexibility index (Phi) is 10.6. The lowest BCUT2D eigenvalue weighted by atomic mass is 10.2. The second kappa shape index (κ2) is 9.18. The molecular formula is C8H18Cl2N2O3. The van der Waals surface area contributed by atoms with Crippen LogP contribution in [0.5, 0.6) is 0 Å². The van der Waals surface area contributed by atoms with Crippen molar-refractivity contribution in [3.63, 3.8) is 0 Å². The summed E-state index contributed by atoms with van der Waals surface area (Å²) in [7, 11) is 0. The Morgan fingerprint density at radius 2 is 2.20 bits per heavy atom. The van der Waals surface area contributed by atoms with Crippen LogP contribution in [0.25, 0.3) is 0 Å². The molecule has 1 saturated heterocycles. The van der Waals surface area contributed by atoms with Gasteiger partial charge in [0, 0.05) is 19.5 Å². The van der Waals surface area contributed by atoms with Gasteiger partial charge in [0.1, 0.15) is 6.23 Å². The molecule has 0 bridgehead atoms. The number of nitrogens with zero attached hydrogens (tertiary/aromatic N) is 1. The van der Waals surface area contributed by atoms with Crippen LogP contribution < -0.4 is 5.73 Å². The molecular weight excluding hydrogens is 243 g/mol. The monoisotopic (exact) mass is 260 g/mol. The van der Waals surface area contributed by atoms with Crippen molar-refractivity contribution in [1.29, 1.82) is 0 Å². The first-order valence-electron chi connectivity index (χ1n) is 4.50. The van der Waals surface area contributed by atoms with Crippen LogP contribution in [-0.2, 0) is 9.53 Å². The minimum absolute atomic E-state index is 0. The molecule has 1 aliphatic rings. The standard InChI is InChI=1S/C8H16N2O3.2ClH/c9-7-6-10(4-5-13-7)3-1-2-8(11)12;;/h7H,1-6,9H2,(H,11,12);2*1H/t7-;;/m0../s1. The number of morpholine rings is 1. The van der Waals surface area contributed by atoms with E-state index in [0.29, 0.717) is 19.6 Å². The largest absolute Gasteiger partial charge is 0.481 e. The van der Waals surface area contributed by atoms with E-state index in [1.807, 2.05) is 0 Å². The van der Waals surface area contributed by atoms with Gasteiger partial charge in [0.25, 0.3) is 0 Å². The first-order valence-corrected chi connectivity index (χ1v) is 4.50. The van der Waals surface area contributed by atoms with Crippen molar-refractivity contribution in [2.24, 2.45) is 5.73 Å². The van der Waals surface area contributed by atoms with Gasteiger partial charge in [0.05, 0.1) is 6.61 Å². The smallest absolute Gasteiger partial charge is 0.303 e. The van der Waals surface area contributed by atoms with E-state index in [4.69, 9.17) is 15.6 Å². The molecule has 1 heterocycles. The Morgan fingerprint density at radius 1 is 1.53 bits per heavy atom. The molecule has 0 aromatic rings. The maximum Gasteiger partial charge on any atom is 0.303 e. The van der Waals surface area contributed by atoms with Gasteiger partial charge in [-0.15, -0.1) is 24.8 Å². The van der Waals surface area contributed by atoms with Crippen LogP contribution in [0.3, 0.4) is 0 Å². The summed E-state index contributed by atoms with van der Waals surface area (Å²) in [6.07, 6.45) is 0.702. The fourth-order valence-electron chi connectivity index (χ4n) is 1.39. The third-order valence-electron chi connectivity index (χ3n) is 2.04. The van der Waals surface area contributed by atoms with Crippen LogP contribution in [0.4, 0.5) is 0 Å². The average molecular weight is 261 g/mol. The van der Waals surface area contributed by atoms with Gasteiger partial charge in [0.15, 0.2) is 0 Å². The van der Waals surface area contributed by atoms with Gasteiger partial charge in [-0.3, -0.25) is 9.69 Å². The van der Waals surface area contributed by atoms with Gasteiger partial charge < -0.3 is 15.6 Å². The molecule has 1 aliphatic heterocycles. The molecule has 3 N–H and O–H groups in total. The minimum Gasteiger partial charge on any atom is -0.481 e. The summed E-state index contributed by atoms with van der Waals surface area (Å²) < 4.78 is 5.16. The zero-order chi connectivity index (χ0) is 9.68. The Bertz CT molecular complexity index is 183. The molecule has 15 heavy (non-hydrogen) atoms. The molecule has 0 unspecified atom stereocenters. The first-order chi connectivity index (χ1) is 6.18. The molecule has 0 spiro atoms. The highest BCUT2D eigenvalue weighted by Crippen LogP contribution is 2.02. The summed E-state index contributed by atoms with van der Waals surface area (Å²) in [4.78, 5) is 12.4. The van der Waals surface area contributed by atoms with Gasteiger partial charge in [0.2, 0.25) is 0 Å². The number of rotatable bonds is 4. The molecule has 0 radical (unpaired) electrons. The Hall–Kier alpha value is -0.0700. The van der Waals surface area contributed by atoms with Crippen LogP contribution in [-0.4, -0.2) is 48.4 Å². The summed E-state index contributed by atoms with van der Waals surface area (Å²) in [5.41, 5.74) is 5.58. The van der Waals surface area contributed by atoms with Crippen molar-refractivity contribution in [1.82, 2.24) is 4.90 Å². The van der Waals surface area contributed by atoms with E-state index in [-0.39, 0.29) is 37.5 Å². The highest BCUT2D eigenvalue weighted by molar-refractivity contribution is 5.85. The van der Waals surface area contributed by atoms with Gasteiger partial charge in [-0.2, -0.15) is 0 Å². The average Bonchev–Trinajstić information content (AvgIpc) is 2.03. The highest BCUT2D eigenvalue weighted by Gasteiger charge is 2.16. The van der Waals surface area contributed by atoms with Crippen molar-refractivity contribution in [2.45, 2.75) is 19.1 Å². The van der Waals surface area contributed by atoms with E-state index in [1.165, 1.54) is 0 Å². The van der Waals surface area contributed by atoms with Crippen molar-refractivity contribution >= 4 is 30.8 Å². The second-order valence-electron chi connectivity index (χ2n) is 3.21. The second-order valence-corrected chi connectivity index (χ2v) is 3.21. The lowest BCUT2D eigenvalue weighted by Crippen LogP contribution is -2.46. The zero-order valence-corrected chi connectivity index (χ0v) is 10.1. The maximum atomic E-state index is 10.2. The molecule has 0 aromatic heterocycles. The van der Waals surface area contributed by atoms with Gasteiger partial charge in [-0.25, -0.2) is 0 Å². The molecule has 7 heteroatoms. The number of hydrogen-bond donors (Lipinski definition) is 2. The Labute approximate surface area is 102 Å².